The number of ether oxygens (including phenoxy) is 1. The smallest absolute Gasteiger partial charge is 0.261 e. The second kappa shape index (κ2) is 7.76. The molecule has 4 rings (SSSR count). The van der Waals surface area contributed by atoms with Gasteiger partial charge in [-0.3, -0.25) is 4.72 Å². The van der Waals surface area contributed by atoms with Gasteiger partial charge in [0.1, 0.15) is 5.75 Å². The van der Waals surface area contributed by atoms with Crippen molar-refractivity contribution < 1.29 is 17.6 Å². The van der Waals surface area contributed by atoms with Gasteiger partial charge in [-0.2, -0.15) is 0 Å². The molecule has 0 aliphatic heterocycles. The molecule has 1 aromatic heterocycles. The van der Waals surface area contributed by atoms with E-state index < -0.39 is 10.0 Å². The molecule has 8 heteroatoms. The number of nitrogens with one attached hydrogen (secondary N) is 1. The molecule has 29 heavy (non-hydrogen) atoms. The summed E-state index contributed by atoms with van der Waals surface area (Å²) in [6.45, 7) is 0. The van der Waals surface area contributed by atoms with Gasteiger partial charge in [-0.25, -0.2) is 8.42 Å². The first-order valence-corrected chi connectivity index (χ1v) is 10.2. The molecule has 0 fully saturated rings. The van der Waals surface area contributed by atoms with Crippen LogP contribution in [0.3, 0.4) is 0 Å². The Morgan fingerprint density at radius 3 is 1.97 bits per heavy atom. The van der Waals surface area contributed by atoms with Gasteiger partial charge in [0.15, 0.2) is 0 Å². The Balaban J connectivity index is 1.51. The summed E-state index contributed by atoms with van der Waals surface area (Å²) in [7, 11) is -2.18. The van der Waals surface area contributed by atoms with Crippen LogP contribution in [-0.2, 0) is 10.0 Å². The van der Waals surface area contributed by atoms with Gasteiger partial charge in [0.25, 0.3) is 10.0 Å². The molecule has 0 aliphatic rings. The van der Waals surface area contributed by atoms with Crippen LogP contribution < -0.4 is 9.46 Å². The Hall–Kier alpha value is -3.65. The first kappa shape index (κ1) is 18.7. The Morgan fingerprint density at radius 1 is 0.793 bits per heavy atom. The van der Waals surface area contributed by atoms with E-state index in [0.717, 1.165) is 5.56 Å². The molecular weight excluding hydrogens is 390 g/mol. The van der Waals surface area contributed by atoms with Gasteiger partial charge in [-0.05, 0) is 60.7 Å². The highest BCUT2D eigenvalue weighted by molar-refractivity contribution is 7.92. The van der Waals surface area contributed by atoms with E-state index in [1.54, 1.807) is 36.4 Å². The highest BCUT2D eigenvalue weighted by atomic mass is 32.2. The quantitative estimate of drug-likeness (QED) is 0.514. The molecule has 1 N–H and O–H groups in total. The van der Waals surface area contributed by atoms with Crippen LogP contribution in [0.4, 0.5) is 5.69 Å². The molecular formula is C21H17N3O4S. The van der Waals surface area contributed by atoms with Crippen molar-refractivity contribution in [3.8, 4) is 28.7 Å². The molecule has 1 heterocycles. The molecule has 3 aromatic carbocycles. The second-order valence-electron chi connectivity index (χ2n) is 6.14. The van der Waals surface area contributed by atoms with Crippen molar-refractivity contribution in [3.63, 3.8) is 0 Å². The fraction of sp³-hybridized carbons (Fsp3) is 0.0476. The van der Waals surface area contributed by atoms with Crippen LogP contribution in [0.15, 0.2) is 88.2 Å². The predicted molar refractivity (Wildman–Crippen MR) is 109 cm³/mol. The number of hydrogen-bond acceptors (Lipinski definition) is 6. The molecule has 0 saturated heterocycles. The highest BCUT2D eigenvalue weighted by Crippen LogP contribution is 2.26. The molecule has 0 amide bonds. The van der Waals surface area contributed by atoms with Gasteiger partial charge in [-0.1, -0.05) is 18.2 Å². The number of nitrogens with zero attached hydrogens (tertiary/aromatic N) is 2. The van der Waals surface area contributed by atoms with Gasteiger partial charge in [0, 0.05) is 16.8 Å². The summed E-state index contributed by atoms with van der Waals surface area (Å²) >= 11 is 0. The van der Waals surface area contributed by atoms with Crippen molar-refractivity contribution in [1.29, 1.82) is 0 Å². The van der Waals surface area contributed by atoms with E-state index in [2.05, 4.69) is 14.9 Å². The maximum absolute atomic E-state index is 12.5. The predicted octanol–water partition coefficient (Wildman–Crippen LogP) is 4.21. The molecule has 0 unspecified atom stereocenters. The Bertz CT molecular complexity index is 1200. The Morgan fingerprint density at radius 2 is 1.38 bits per heavy atom. The van der Waals surface area contributed by atoms with Gasteiger partial charge in [0.05, 0.1) is 12.0 Å². The van der Waals surface area contributed by atoms with Crippen molar-refractivity contribution >= 4 is 15.7 Å². The van der Waals surface area contributed by atoms with Crippen LogP contribution in [0.1, 0.15) is 0 Å². The lowest BCUT2D eigenvalue weighted by Crippen LogP contribution is -2.12. The van der Waals surface area contributed by atoms with Gasteiger partial charge in [-0.15, -0.1) is 10.2 Å². The third kappa shape index (κ3) is 4.12. The number of sulfonamides is 1. The third-order valence-corrected chi connectivity index (χ3v) is 5.60. The zero-order valence-corrected chi connectivity index (χ0v) is 16.3. The van der Waals surface area contributed by atoms with Crippen LogP contribution >= 0.6 is 0 Å². The molecule has 0 bridgehead atoms. The van der Waals surface area contributed by atoms with Crippen molar-refractivity contribution in [1.82, 2.24) is 10.2 Å². The first-order valence-electron chi connectivity index (χ1n) is 8.71. The third-order valence-electron chi connectivity index (χ3n) is 4.20. The number of rotatable bonds is 6. The first-order chi connectivity index (χ1) is 14.0. The van der Waals surface area contributed by atoms with E-state index in [-0.39, 0.29) is 4.90 Å². The number of anilines is 1. The lowest BCUT2D eigenvalue weighted by molar-refractivity contribution is 0.414. The zero-order chi connectivity index (χ0) is 20.3. The molecule has 0 radical (unpaired) electrons. The number of aromatic nitrogens is 2. The summed E-state index contributed by atoms with van der Waals surface area (Å²) in [5, 5.41) is 8.12. The number of methoxy groups -OCH3 is 1. The molecule has 7 nitrogen and oxygen atoms in total. The van der Waals surface area contributed by atoms with E-state index in [9.17, 15) is 8.42 Å². The minimum absolute atomic E-state index is 0.145. The second-order valence-corrected chi connectivity index (χ2v) is 7.82. The van der Waals surface area contributed by atoms with Crippen LogP contribution in [-0.4, -0.2) is 25.7 Å². The highest BCUT2D eigenvalue weighted by Gasteiger charge is 2.15. The van der Waals surface area contributed by atoms with E-state index >= 15 is 0 Å². The SMILES string of the molecule is COc1ccc(S(=O)(=O)Nc2ccc(-c3nnc(-c4ccccc4)o3)cc2)cc1. The van der Waals surface area contributed by atoms with Gasteiger partial charge in [0.2, 0.25) is 11.8 Å². The Kier molecular flexibility index (Phi) is 5.01. The average Bonchev–Trinajstić information content (AvgIpc) is 3.25. The lowest BCUT2D eigenvalue weighted by Gasteiger charge is -2.09. The minimum Gasteiger partial charge on any atom is -0.497 e. The summed E-state index contributed by atoms with van der Waals surface area (Å²) in [5.74, 6) is 1.36. The van der Waals surface area contributed by atoms with E-state index in [4.69, 9.17) is 9.15 Å². The molecule has 0 aliphatic carbocycles. The van der Waals surface area contributed by atoms with Crippen LogP contribution in [0.25, 0.3) is 22.9 Å². The normalized spacial score (nSPS) is 11.2. The fourth-order valence-electron chi connectivity index (χ4n) is 2.69. The van der Waals surface area contributed by atoms with Gasteiger partial charge < -0.3 is 9.15 Å². The van der Waals surface area contributed by atoms with Crippen molar-refractivity contribution in [2.75, 3.05) is 11.8 Å². The fourth-order valence-corrected chi connectivity index (χ4v) is 3.75. The summed E-state index contributed by atoms with van der Waals surface area (Å²) < 4.78 is 38.4. The van der Waals surface area contributed by atoms with Crippen LogP contribution in [0.5, 0.6) is 5.75 Å². The molecule has 0 saturated carbocycles. The van der Waals surface area contributed by atoms with Crippen LogP contribution in [0, 0.1) is 0 Å². The number of benzene rings is 3. The average molecular weight is 407 g/mol. The number of hydrogen-bond donors (Lipinski definition) is 1. The molecule has 4 aromatic rings. The van der Waals surface area contributed by atoms with E-state index in [0.29, 0.717) is 28.8 Å². The summed E-state index contributed by atoms with van der Waals surface area (Å²) in [6, 6.07) is 22.3. The largest absolute Gasteiger partial charge is 0.497 e. The van der Waals surface area contributed by atoms with Gasteiger partial charge >= 0.3 is 0 Å². The monoisotopic (exact) mass is 407 g/mol. The van der Waals surface area contributed by atoms with Crippen LogP contribution in [0.2, 0.25) is 0 Å². The lowest BCUT2D eigenvalue weighted by atomic mass is 10.2. The van der Waals surface area contributed by atoms with Crippen molar-refractivity contribution in [2.24, 2.45) is 0 Å². The van der Waals surface area contributed by atoms with E-state index in [1.165, 1.54) is 19.2 Å². The van der Waals surface area contributed by atoms with Crippen molar-refractivity contribution in [3.05, 3.63) is 78.9 Å². The summed E-state index contributed by atoms with van der Waals surface area (Å²) in [6.07, 6.45) is 0. The Labute approximate surface area is 168 Å². The van der Waals surface area contributed by atoms with Crippen molar-refractivity contribution in [2.45, 2.75) is 4.90 Å². The van der Waals surface area contributed by atoms with E-state index in [1.807, 2.05) is 30.3 Å². The maximum atomic E-state index is 12.5. The topological polar surface area (TPSA) is 94.3 Å². The molecule has 0 atom stereocenters. The standard InChI is InChI=1S/C21H17N3O4S/c1-27-18-11-13-19(14-12-18)29(25,26)24-17-9-7-16(8-10-17)21-23-22-20(28-21)15-5-3-2-4-6-15/h2-14,24H,1H3. The zero-order valence-electron chi connectivity index (χ0n) is 15.4. The molecule has 0 spiro atoms. The minimum atomic E-state index is -3.70. The summed E-state index contributed by atoms with van der Waals surface area (Å²) in [4.78, 5) is 0.145. The summed E-state index contributed by atoms with van der Waals surface area (Å²) in [5.41, 5.74) is 1.94. The molecule has 146 valence electrons. The maximum Gasteiger partial charge on any atom is 0.261 e.